The average molecular weight is 257 g/mol. The number of benzene rings is 1. The molecule has 7 nitrogen and oxygen atoms in total. The Morgan fingerprint density at radius 3 is 2.71 bits per heavy atom. The van der Waals surface area contributed by atoms with Gasteiger partial charge in [0.25, 0.3) is 0 Å². The molecule has 1 heterocycles. The molecule has 0 saturated carbocycles. The molecule has 2 aromatic rings. The maximum atomic E-state index is 11.6. The van der Waals surface area contributed by atoms with E-state index in [1.54, 1.807) is 0 Å². The van der Waals surface area contributed by atoms with Crippen molar-refractivity contribution < 1.29 is 12.8 Å². The summed E-state index contributed by atoms with van der Waals surface area (Å²) in [5, 5.41) is 0. The van der Waals surface area contributed by atoms with Crippen LogP contribution in [-0.4, -0.2) is 31.8 Å². The fraction of sp³-hybridized carbons (Fsp3) is 0.222. The third-order valence-corrected chi connectivity index (χ3v) is 3.60. The summed E-state index contributed by atoms with van der Waals surface area (Å²) in [5.41, 5.74) is 1.17. The van der Waals surface area contributed by atoms with Crippen LogP contribution in [0.1, 0.15) is 0 Å². The molecule has 0 aliphatic carbocycles. The van der Waals surface area contributed by atoms with Crippen LogP contribution in [-0.2, 0) is 10.2 Å². The first-order chi connectivity index (χ1) is 7.88. The van der Waals surface area contributed by atoms with Gasteiger partial charge < -0.3 is 4.42 Å². The minimum Gasteiger partial charge on any atom is -0.408 e. The SMILES string of the molecule is CN(C)S(=O)(=O)Nc1ccc2oc(=O)[nH]c2c1. The van der Waals surface area contributed by atoms with E-state index in [2.05, 4.69) is 9.71 Å². The van der Waals surface area contributed by atoms with Crippen LogP contribution in [0, 0.1) is 0 Å². The average Bonchev–Trinajstić information content (AvgIpc) is 2.56. The minimum absolute atomic E-state index is 0.350. The number of H-pyrrole nitrogens is 1. The molecule has 0 atom stereocenters. The van der Waals surface area contributed by atoms with Crippen LogP contribution in [0.3, 0.4) is 0 Å². The highest BCUT2D eigenvalue weighted by atomic mass is 32.2. The normalized spacial score (nSPS) is 12.2. The molecule has 17 heavy (non-hydrogen) atoms. The number of aromatic amines is 1. The molecule has 0 aliphatic rings. The molecular weight excluding hydrogens is 246 g/mol. The lowest BCUT2D eigenvalue weighted by Gasteiger charge is -2.12. The molecule has 8 heteroatoms. The first-order valence-electron chi connectivity index (χ1n) is 4.71. The lowest BCUT2D eigenvalue weighted by Crippen LogP contribution is -2.28. The van der Waals surface area contributed by atoms with E-state index in [0.29, 0.717) is 16.8 Å². The molecule has 0 bridgehead atoms. The first kappa shape index (κ1) is 11.7. The summed E-state index contributed by atoms with van der Waals surface area (Å²) in [6.07, 6.45) is 0. The van der Waals surface area contributed by atoms with E-state index in [4.69, 9.17) is 4.42 Å². The fourth-order valence-electron chi connectivity index (χ4n) is 1.26. The zero-order valence-corrected chi connectivity index (χ0v) is 10.0. The second kappa shape index (κ2) is 3.90. The van der Waals surface area contributed by atoms with Crippen LogP contribution in [0.2, 0.25) is 0 Å². The number of nitrogens with zero attached hydrogens (tertiary/aromatic N) is 1. The standard InChI is InChI=1S/C9H11N3O4S/c1-12(2)17(14,15)11-6-3-4-8-7(5-6)10-9(13)16-8/h3-5,11H,1-2H3,(H,10,13). The van der Waals surface area contributed by atoms with E-state index in [9.17, 15) is 13.2 Å². The monoisotopic (exact) mass is 257 g/mol. The van der Waals surface area contributed by atoms with Gasteiger partial charge in [0, 0.05) is 14.1 Å². The van der Waals surface area contributed by atoms with Crippen molar-refractivity contribution in [3.63, 3.8) is 0 Å². The zero-order valence-electron chi connectivity index (χ0n) is 9.22. The van der Waals surface area contributed by atoms with Gasteiger partial charge in [0.05, 0.1) is 11.2 Å². The lowest BCUT2D eigenvalue weighted by atomic mass is 10.3. The van der Waals surface area contributed by atoms with Crippen LogP contribution in [0.25, 0.3) is 11.1 Å². The van der Waals surface area contributed by atoms with Gasteiger partial charge in [-0.15, -0.1) is 0 Å². The molecule has 0 fully saturated rings. The number of nitrogens with one attached hydrogen (secondary N) is 2. The van der Waals surface area contributed by atoms with Crippen molar-refractivity contribution in [2.75, 3.05) is 18.8 Å². The Labute approximate surface area is 97.2 Å². The van der Waals surface area contributed by atoms with Crippen molar-refractivity contribution in [3.8, 4) is 0 Å². The van der Waals surface area contributed by atoms with Gasteiger partial charge in [-0.1, -0.05) is 0 Å². The van der Waals surface area contributed by atoms with Crippen molar-refractivity contribution in [1.29, 1.82) is 0 Å². The van der Waals surface area contributed by atoms with Crippen molar-refractivity contribution in [3.05, 3.63) is 28.7 Å². The Hall–Kier alpha value is -1.80. The maximum absolute atomic E-state index is 11.6. The second-order valence-electron chi connectivity index (χ2n) is 3.61. The lowest BCUT2D eigenvalue weighted by molar-refractivity contribution is 0.527. The molecule has 0 spiro atoms. The summed E-state index contributed by atoms with van der Waals surface area (Å²) < 4.78 is 31.3. The van der Waals surface area contributed by atoms with E-state index in [1.165, 1.54) is 32.3 Å². The topological polar surface area (TPSA) is 95.4 Å². The number of fused-ring (bicyclic) bond motifs is 1. The smallest absolute Gasteiger partial charge is 0.408 e. The van der Waals surface area contributed by atoms with Crippen molar-refractivity contribution in [2.45, 2.75) is 0 Å². The molecule has 2 N–H and O–H groups in total. The largest absolute Gasteiger partial charge is 0.417 e. The number of anilines is 1. The van der Waals surface area contributed by atoms with E-state index >= 15 is 0 Å². The molecule has 0 saturated heterocycles. The highest BCUT2D eigenvalue weighted by Crippen LogP contribution is 2.17. The molecule has 0 amide bonds. The Bertz CT molecular complexity index is 698. The fourth-order valence-corrected chi connectivity index (χ4v) is 1.86. The first-order valence-corrected chi connectivity index (χ1v) is 6.15. The summed E-state index contributed by atoms with van der Waals surface area (Å²) in [5.74, 6) is -0.576. The third kappa shape index (κ3) is 2.32. The van der Waals surface area contributed by atoms with Gasteiger partial charge in [-0.2, -0.15) is 12.7 Å². The predicted molar refractivity (Wildman–Crippen MR) is 63.1 cm³/mol. The summed E-state index contributed by atoms with van der Waals surface area (Å²) in [7, 11) is -0.718. The summed E-state index contributed by atoms with van der Waals surface area (Å²) in [6.45, 7) is 0. The number of hydrogen-bond acceptors (Lipinski definition) is 4. The quantitative estimate of drug-likeness (QED) is 0.828. The number of hydrogen-bond donors (Lipinski definition) is 2. The highest BCUT2D eigenvalue weighted by Gasteiger charge is 2.13. The zero-order chi connectivity index (χ0) is 12.6. The van der Waals surface area contributed by atoms with E-state index in [1.807, 2.05) is 0 Å². The van der Waals surface area contributed by atoms with Crippen LogP contribution in [0.4, 0.5) is 5.69 Å². The molecule has 0 unspecified atom stereocenters. The van der Waals surface area contributed by atoms with Gasteiger partial charge in [0.15, 0.2) is 5.58 Å². The molecule has 92 valence electrons. The van der Waals surface area contributed by atoms with Gasteiger partial charge in [-0.25, -0.2) is 4.79 Å². The van der Waals surface area contributed by atoms with Gasteiger partial charge in [0.1, 0.15) is 0 Å². The third-order valence-electron chi connectivity index (χ3n) is 2.15. The number of aromatic nitrogens is 1. The van der Waals surface area contributed by atoms with Crippen LogP contribution in [0.15, 0.2) is 27.4 Å². The van der Waals surface area contributed by atoms with E-state index in [0.717, 1.165) is 4.31 Å². The number of oxazole rings is 1. The maximum Gasteiger partial charge on any atom is 0.417 e. The second-order valence-corrected chi connectivity index (χ2v) is 5.50. The Morgan fingerprint density at radius 2 is 2.06 bits per heavy atom. The van der Waals surface area contributed by atoms with Crippen molar-refractivity contribution in [2.24, 2.45) is 0 Å². The van der Waals surface area contributed by atoms with Crippen molar-refractivity contribution in [1.82, 2.24) is 9.29 Å². The molecule has 1 aromatic carbocycles. The summed E-state index contributed by atoms with van der Waals surface area (Å²) >= 11 is 0. The Balaban J connectivity index is 2.41. The van der Waals surface area contributed by atoms with Gasteiger partial charge >= 0.3 is 16.0 Å². The Kier molecular flexibility index (Phi) is 2.68. The predicted octanol–water partition coefficient (Wildman–Crippen LogP) is 0.339. The van der Waals surface area contributed by atoms with Crippen molar-refractivity contribution >= 4 is 27.0 Å². The van der Waals surface area contributed by atoms with E-state index < -0.39 is 16.0 Å². The van der Waals surface area contributed by atoms with E-state index in [-0.39, 0.29) is 0 Å². The molecule has 2 rings (SSSR count). The Morgan fingerprint density at radius 1 is 1.35 bits per heavy atom. The number of rotatable bonds is 3. The summed E-state index contributed by atoms with van der Waals surface area (Å²) in [4.78, 5) is 13.4. The van der Waals surface area contributed by atoms with Crippen LogP contribution < -0.4 is 10.5 Å². The van der Waals surface area contributed by atoms with Gasteiger partial charge in [-0.05, 0) is 18.2 Å². The minimum atomic E-state index is -3.55. The summed E-state index contributed by atoms with van der Waals surface area (Å²) in [6, 6.07) is 4.52. The molecular formula is C9H11N3O4S. The van der Waals surface area contributed by atoms with Gasteiger partial charge in [-0.3, -0.25) is 9.71 Å². The van der Waals surface area contributed by atoms with Crippen LogP contribution >= 0.6 is 0 Å². The molecule has 0 radical (unpaired) electrons. The van der Waals surface area contributed by atoms with Gasteiger partial charge in [0.2, 0.25) is 0 Å². The van der Waals surface area contributed by atoms with Crippen LogP contribution in [0.5, 0.6) is 0 Å². The molecule has 1 aromatic heterocycles. The molecule has 0 aliphatic heterocycles. The highest BCUT2D eigenvalue weighted by molar-refractivity contribution is 7.90.